The van der Waals surface area contributed by atoms with Gasteiger partial charge in [-0.1, -0.05) is 13.3 Å². The van der Waals surface area contributed by atoms with Crippen LogP contribution in [0.1, 0.15) is 40.0 Å². The number of unbranched alkanes of at least 4 members (excludes halogenated alkanes) is 2. The maximum Gasteiger partial charge on any atom is 0.0802 e. The van der Waals surface area contributed by atoms with Crippen LogP contribution in [0.15, 0.2) is 0 Å². The normalized spacial score (nSPS) is 10.7. The average molecular weight is 130 g/mol. The molecule has 0 bridgehead atoms. The van der Waals surface area contributed by atoms with Gasteiger partial charge in [-0.15, -0.1) is 0 Å². The minimum atomic E-state index is 0.779. The van der Waals surface area contributed by atoms with Crippen LogP contribution >= 0.6 is 0 Å². The molecule has 0 aromatic carbocycles. The summed E-state index contributed by atoms with van der Waals surface area (Å²) in [6, 6.07) is 0.779. The van der Waals surface area contributed by atoms with E-state index in [0.29, 0.717) is 0 Å². The zero-order valence-corrected chi connectivity index (χ0v) is 6.98. The Morgan fingerprint density at radius 2 is 1.89 bits per heavy atom. The zero-order valence-electron chi connectivity index (χ0n) is 6.98. The lowest BCUT2D eigenvalue weighted by Gasteiger charge is -2.02. The summed E-state index contributed by atoms with van der Waals surface area (Å²) in [6.45, 7) is 8.04. The molecule has 0 amide bonds. The molecular weight excluding hydrogens is 110 g/mol. The Kier molecular flexibility index (Phi) is 6.06. The lowest BCUT2D eigenvalue weighted by atomic mass is 10.2. The smallest absolute Gasteiger partial charge is 0.0802 e. The predicted octanol–water partition coefficient (Wildman–Crippen LogP) is 1.15. The van der Waals surface area contributed by atoms with E-state index in [9.17, 15) is 0 Å². The zero-order chi connectivity index (χ0) is 7.11. The van der Waals surface area contributed by atoms with E-state index >= 15 is 0 Å². The summed E-state index contributed by atoms with van der Waals surface area (Å²) >= 11 is 0. The van der Waals surface area contributed by atoms with Gasteiger partial charge in [-0.25, -0.2) is 0 Å². The number of quaternary nitrogens is 1. The van der Waals surface area contributed by atoms with Gasteiger partial charge >= 0.3 is 0 Å². The van der Waals surface area contributed by atoms with E-state index in [-0.39, 0.29) is 0 Å². The van der Waals surface area contributed by atoms with Crippen LogP contribution in [0, 0.1) is 0 Å². The van der Waals surface area contributed by atoms with E-state index < -0.39 is 0 Å². The third-order valence-electron chi connectivity index (χ3n) is 1.45. The summed E-state index contributed by atoms with van der Waals surface area (Å²) in [6.07, 6.45) is 4.11. The van der Waals surface area contributed by atoms with Gasteiger partial charge in [0.25, 0.3) is 0 Å². The number of nitrogens with two attached hydrogens (primary N) is 1. The molecule has 2 N–H and O–H groups in total. The molecule has 1 nitrogen and oxygen atoms in total. The fourth-order valence-electron chi connectivity index (χ4n) is 0.846. The fraction of sp³-hybridized carbons (Fsp3) is 1.00. The van der Waals surface area contributed by atoms with Crippen LogP contribution in [0.5, 0.6) is 0 Å². The van der Waals surface area contributed by atoms with Crippen molar-refractivity contribution in [3.63, 3.8) is 0 Å². The second-order valence-corrected chi connectivity index (χ2v) is 2.98. The number of rotatable bonds is 5. The molecule has 0 unspecified atom stereocenters. The first kappa shape index (κ1) is 8.96. The molecule has 0 aliphatic carbocycles. The fourth-order valence-corrected chi connectivity index (χ4v) is 0.846. The minimum absolute atomic E-state index is 0.779. The van der Waals surface area contributed by atoms with Crippen molar-refractivity contribution < 1.29 is 5.32 Å². The summed E-state index contributed by atoms with van der Waals surface area (Å²) in [5.74, 6) is 0. The predicted molar refractivity (Wildman–Crippen MR) is 41.5 cm³/mol. The van der Waals surface area contributed by atoms with E-state index in [1.165, 1.54) is 25.8 Å². The summed E-state index contributed by atoms with van der Waals surface area (Å²) in [4.78, 5) is 0. The summed E-state index contributed by atoms with van der Waals surface area (Å²) < 4.78 is 0. The van der Waals surface area contributed by atoms with Gasteiger partial charge in [0.05, 0.1) is 12.6 Å². The number of hydrogen-bond donors (Lipinski definition) is 1. The van der Waals surface area contributed by atoms with Crippen molar-refractivity contribution in [3.05, 3.63) is 0 Å². The molecule has 9 heavy (non-hydrogen) atoms. The van der Waals surface area contributed by atoms with Crippen molar-refractivity contribution in [1.29, 1.82) is 0 Å². The molecule has 0 saturated heterocycles. The Bertz CT molecular complexity index is 50.5. The van der Waals surface area contributed by atoms with Crippen molar-refractivity contribution in [2.45, 2.75) is 46.1 Å². The Morgan fingerprint density at radius 3 is 2.33 bits per heavy atom. The van der Waals surface area contributed by atoms with Gasteiger partial charge in [-0.3, -0.25) is 0 Å². The van der Waals surface area contributed by atoms with Gasteiger partial charge in [-0.2, -0.15) is 0 Å². The van der Waals surface area contributed by atoms with Gasteiger partial charge in [0.1, 0.15) is 0 Å². The van der Waals surface area contributed by atoms with Crippen LogP contribution in [0.25, 0.3) is 0 Å². The summed E-state index contributed by atoms with van der Waals surface area (Å²) in [5, 5.41) is 2.40. The first-order valence-electron chi connectivity index (χ1n) is 4.10. The van der Waals surface area contributed by atoms with Crippen molar-refractivity contribution in [3.8, 4) is 0 Å². The van der Waals surface area contributed by atoms with Crippen molar-refractivity contribution in [1.82, 2.24) is 0 Å². The van der Waals surface area contributed by atoms with Gasteiger partial charge in [0.2, 0.25) is 0 Å². The van der Waals surface area contributed by atoms with Gasteiger partial charge < -0.3 is 5.32 Å². The van der Waals surface area contributed by atoms with Crippen LogP contribution in [0.3, 0.4) is 0 Å². The standard InChI is InChI=1S/C8H19N/c1-4-5-6-7-9-8(2)3/h8-9H,4-7H2,1-3H3/p+1. The minimum Gasteiger partial charge on any atom is -0.344 e. The van der Waals surface area contributed by atoms with E-state index in [1.807, 2.05) is 0 Å². The van der Waals surface area contributed by atoms with E-state index in [2.05, 4.69) is 26.1 Å². The molecule has 0 saturated carbocycles. The second-order valence-electron chi connectivity index (χ2n) is 2.98. The van der Waals surface area contributed by atoms with E-state index in [1.54, 1.807) is 0 Å². The molecule has 0 aromatic rings. The van der Waals surface area contributed by atoms with Crippen LogP contribution in [0.2, 0.25) is 0 Å². The summed E-state index contributed by atoms with van der Waals surface area (Å²) in [5.41, 5.74) is 0. The lowest BCUT2D eigenvalue weighted by Crippen LogP contribution is -2.88. The molecule has 0 aliphatic rings. The topological polar surface area (TPSA) is 16.6 Å². The lowest BCUT2D eigenvalue weighted by molar-refractivity contribution is -0.683. The number of hydrogen-bond acceptors (Lipinski definition) is 0. The Balaban J connectivity index is 2.75. The highest BCUT2D eigenvalue weighted by atomic mass is 14.9. The first-order chi connectivity index (χ1) is 4.27. The molecule has 0 aliphatic heterocycles. The molecule has 56 valence electrons. The van der Waals surface area contributed by atoms with E-state index in [4.69, 9.17) is 0 Å². The molecule has 0 radical (unpaired) electrons. The molecule has 0 fully saturated rings. The maximum absolute atomic E-state index is 2.40. The van der Waals surface area contributed by atoms with Crippen molar-refractivity contribution in [2.24, 2.45) is 0 Å². The molecule has 0 aromatic heterocycles. The molecule has 0 spiro atoms. The molecule has 0 rings (SSSR count). The monoisotopic (exact) mass is 130 g/mol. The van der Waals surface area contributed by atoms with Crippen LogP contribution in [0.4, 0.5) is 0 Å². The van der Waals surface area contributed by atoms with Gasteiger partial charge in [0, 0.05) is 0 Å². The van der Waals surface area contributed by atoms with E-state index in [0.717, 1.165) is 6.04 Å². The Morgan fingerprint density at radius 1 is 1.22 bits per heavy atom. The Labute approximate surface area is 58.8 Å². The molecule has 1 heteroatoms. The largest absolute Gasteiger partial charge is 0.344 e. The first-order valence-corrected chi connectivity index (χ1v) is 4.10. The molecule has 0 heterocycles. The van der Waals surface area contributed by atoms with Crippen LogP contribution in [-0.4, -0.2) is 12.6 Å². The third-order valence-corrected chi connectivity index (χ3v) is 1.45. The molecule has 0 atom stereocenters. The van der Waals surface area contributed by atoms with Crippen LogP contribution in [-0.2, 0) is 0 Å². The SMILES string of the molecule is CCCCC[NH2+]C(C)C. The van der Waals surface area contributed by atoms with Crippen LogP contribution < -0.4 is 5.32 Å². The quantitative estimate of drug-likeness (QED) is 0.538. The van der Waals surface area contributed by atoms with Crippen molar-refractivity contribution >= 4 is 0 Å². The maximum atomic E-state index is 2.40. The highest BCUT2D eigenvalue weighted by molar-refractivity contribution is 4.33. The summed E-state index contributed by atoms with van der Waals surface area (Å²) in [7, 11) is 0. The van der Waals surface area contributed by atoms with Gasteiger partial charge in [0.15, 0.2) is 0 Å². The van der Waals surface area contributed by atoms with Gasteiger partial charge in [-0.05, 0) is 26.7 Å². The highest BCUT2D eigenvalue weighted by Crippen LogP contribution is 1.88. The average Bonchev–Trinajstić information content (AvgIpc) is 1.80. The van der Waals surface area contributed by atoms with Crippen molar-refractivity contribution in [2.75, 3.05) is 6.54 Å². The highest BCUT2D eigenvalue weighted by Gasteiger charge is 1.93. The molecular formula is C8H20N+. The third kappa shape index (κ3) is 7.96. The second kappa shape index (κ2) is 6.09. The Hall–Kier alpha value is -0.0400.